The highest BCUT2D eigenvalue weighted by Gasteiger charge is 2.28. The van der Waals surface area contributed by atoms with Gasteiger partial charge < -0.3 is 24.4 Å². The SMILES string of the molecule is CCOC(=O)N1CCC(C(=O)Nc2ccccc2Oc2ccc(OCC)cc2)CC1. The molecule has 1 fully saturated rings. The summed E-state index contributed by atoms with van der Waals surface area (Å²) in [5.74, 6) is 1.78. The second-order valence-electron chi connectivity index (χ2n) is 6.95. The molecule has 3 rings (SSSR count). The Morgan fingerprint density at radius 2 is 1.63 bits per heavy atom. The van der Waals surface area contributed by atoms with Crippen LogP contribution in [0.15, 0.2) is 48.5 Å². The standard InChI is InChI=1S/C23H28N2O5/c1-3-28-18-9-11-19(12-10-18)30-21-8-6-5-7-20(21)24-22(26)17-13-15-25(16-14-17)23(27)29-4-2/h5-12,17H,3-4,13-16H2,1-2H3,(H,24,26). The molecule has 0 spiro atoms. The molecule has 1 heterocycles. The van der Waals surface area contributed by atoms with Crippen LogP contribution in [0.5, 0.6) is 17.2 Å². The van der Waals surface area contributed by atoms with Crippen molar-refractivity contribution >= 4 is 17.7 Å². The highest BCUT2D eigenvalue weighted by atomic mass is 16.6. The normalized spacial score (nSPS) is 14.1. The summed E-state index contributed by atoms with van der Waals surface area (Å²) in [6.45, 7) is 5.70. The molecule has 1 aliphatic heterocycles. The van der Waals surface area contributed by atoms with Crippen molar-refractivity contribution in [2.24, 2.45) is 5.92 Å². The summed E-state index contributed by atoms with van der Waals surface area (Å²) >= 11 is 0. The topological polar surface area (TPSA) is 77.1 Å². The van der Waals surface area contributed by atoms with Crippen LogP contribution < -0.4 is 14.8 Å². The highest BCUT2D eigenvalue weighted by molar-refractivity contribution is 5.94. The molecule has 2 aromatic carbocycles. The fraction of sp³-hybridized carbons (Fsp3) is 0.391. The third-order valence-corrected chi connectivity index (χ3v) is 4.90. The smallest absolute Gasteiger partial charge is 0.409 e. The quantitative estimate of drug-likeness (QED) is 0.714. The highest BCUT2D eigenvalue weighted by Crippen LogP contribution is 2.31. The number of anilines is 1. The van der Waals surface area contributed by atoms with Crippen LogP contribution in [0.3, 0.4) is 0 Å². The molecule has 0 aliphatic carbocycles. The number of piperidine rings is 1. The van der Waals surface area contributed by atoms with E-state index >= 15 is 0 Å². The van der Waals surface area contributed by atoms with Crippen LogP contribution in [0.1, 0.15) is 26.7 Å². The number of carbonyl (C=O) groups excluding carboxylic acids is 2. The second kappa shape index (κ2) is 10.5. The number of likely N-dealkylation sites (tertiary alicyclic amines) is 1. The average molecular weight is 412 g/mol. The average Bonchev–Trinajstić information content (AvgIpc) is 2.77. The Morgan fingerprint density at radius 3 is 2.30 bits per heavy atom. The van der Waals surface area contributed by atoms with Gasteiger partial charge in [-0.2, -0.15) is 0 Å². The van der Waals surface area contributed by atoms with Gasteiger partial charge in [0.15, 0.2) is 5.75 Å². The maximum absolute atomic E-state index is 12.8. The zero-order chi connectivity index (χ0) is 21.3. The number of nitrogens with zero attached hydrogens (tertiary/aromatic N) is 1. The first-order valence-electron chi connectivity index (χ1n) is 10.3. The predicted octanol–water partition coefficient (Wildman–Crippen LogP) is 4.68. The van der Waals surface area contributed by atoms with Gasteiger partial charge in [-0.05, 0) is 63.1 Å². The molecule has 0 bridgehead atoms. The van der Waals surface area contributed by atoms with Crippen molar-refractivity contribution in [1.82, 2.24) is 4.90 Å². The zero-order valence-corrected chi connectivity index (χ0v) is 17.4. The molecule has 1 N–H and O–H groups in total. The fourth-order valence-electron chi connectivity index (χ4n) is 3.33. The lowest BCUT2D eigenvalue weighted by Gasteiger charge is -2.30. The van der Waals surface area contributed by atoms with Gasteiger partial charge in [0.1, 0.15) is 11.5 Å². The van der Waals surface area contributed by atoms with E-state index in [1.807, 2.05) is 55.5 Å². The van der Waals surface area contributed by atoms with Crippen molar-refractivity contribution in [1.29, 1.82) is 0 Å². The molecule has 0 radical (unpaired) electrons. The minimum Gasteiger partial charge on any atom is -0.494 e. The number of nitrogens with one attached hydrogen (secondary N) is 1. The predicted molar refractivity (Wildman–Crippen MR) is 114 cm³/mol. The summed E-state index contributed by atoms with van der Waals surface area (Å²) in [5.41, 5.74) is 0.615. The fourth-order valence-corrected chi connectivity index (χ4v) is 3.33. The van der Waals surface area contributed by atoms with E-state index < -0.39 is 0 Å². The molecule has 160 valence electrons. The van der Waals surface area contributed by atoms with Crippen LogP contribution in [0.2, 0.25) is 0 Å². The summed E-state index contributed by atoms with van der Waals surface area (Å²) in [4.78, 5) is 26.2. The molecule has 1 aliphatic rings. The Morgan fingerprint density at radius 1 is 0.967 bits per heavy atom. The Bertz CT molecular complexity index is 845. The number of amides is 2. The van der Waals surface area contributed by atoms with Crippen LogP contribution in [-0.4, -0.2) is 43.2 Å². The van der Waals surface area contributed by atoms with Gasteiger partial charge in [0.2, 0.25) is 5.91 Å². The van der Waals surface area contributed by atoms with E-state index in [2.05, 4.69) is 5.32 Å². The van der Waals surface area contributed by atoms with Crippen LogP contribution >= 0.6 is 0 Å². The minimum absolute atomic E-state index is 0.0683. The first kappa shape index (κ1) is 21.5. The maximum atomic E-state index is 12.8. The van der Waals surface area contributed by atoms with E-state index in [0.29, 0.717) is 56.3 Å². The molecule has 7 nitrogen and oxygen atoms in total. The Labute approximate surface area is 176 Å². The second-order valence-corrected chi connectivity index (χ2v) is 6.95. The number of hydrogen-bond donors (Lipinski definition) is 1. The van der Waals surface area contributed by atoms with Crippen molar-refractivity contribution in [3.63, 3.8) is 0 Å². The molecule has 2 amide bonds. The van der Waals surface area contributed by atoms with E-state index in [0.717, 1.165) is 5.75 Å². The summed E-state index contributed by atoms with van der Waals surface area (Å²) in [6, 6.07) is 14.7. The molecule has 7 heteroatoms. The van der Waals surface area contributed by atoms with Gasteiger partial charge >= 0.3 is 6.09 Å². The molecule has 0 atom stereocenters. The van der Waals surface area contributed by atoms with Gasteiger partial charge in [-0.3, -0.25) is 4.79 Å². The molecule has 0 aromatic heterocycles. The third kappa shape index (κ3) is 5.65. The summed E-state index contributed by atoms with van der Waals surface area (Å²) < 4.78 is 16.4. The van der Waals surface area contributed by atoms with Crippen molar-refractivity contribution < 1.29 is 23.8 Å². The molecule has 30 heavy (non-hydrogen) atoms. The number of benzene rings is 2. The summed E-state index contributed by atoms with van der Waals surface area (Å²) in [7, 11) is 0. The lowest BCUT2D eigenvalue weighted by atomic mass is 9.96. The van der Waals surface area contributed by atoms with E-state index in [1.165, 1.54) is 0 Å². The van der Waals surface area contributed by atoms with Crippen molar-refractivity contribution in [3.05, 3.63) is 48.5 Å². The number of para-hydroxylation sites is 2. The van der Waals surface area contributed by atoms with Gasteiger partial charge in [0.25, 0.3) is 0 Å². The third-order valence-electron chi connectivity index (χ3n) is 4.90. The van der Waals surface area contributed by atoms with Crippen LogP contribution in [0.4, 0.5) is 10.5 Å². The first-order chi connectivity index (χ1) is 14.6. The molecular weight excluding hydrogens is 384 g/mol. The van der Waals surface area contributed by atoms with Gasteiger partial charge in [0.05, 0.1) is 18.9 Å². The van der Waals surface area contributed by atoms with Gasteiger partial charge in [-0.15, -0.1) is 0 Å². The monoisotopic (exact) mass is 412 g/mol. The number of ether oxygens (including phenoxy) is 3. The molecule has 0 saturated carbocycles. The molecular formula is C23H28N2O5. The number of carbonyl (C=O) groups is 2. The molecule has 1 saturated heterocycles. The van der Waals surface area contributed by atoms with Crippen LogP contribution in [0.25, 0.3) is 0 Å². The van der Waals surface area contributed by atoms with Crippen LogP contribution in [-0.2, 0) is 9.53 Å². The Balaban J connectivity index is 1.59. The largest absolute Gasteiger partial charge is 0.494 e. The van der Waals surface area contributed by atoms with E-state index in [9.17, 15) is 9.59 Å². The molecule has 2 aromatic rings. The van der Waals surface area contributed by atoms with Crippen molar-refractivity contribution in [2.45, 2.75) is 26.7 Å². The van der Waals surface area contributed by atoms with Gasteiger partial charge in [-0.25, -0.2) is 4.79 Å². The number of rotatable bonds is 7. The molecule has 0 unspecified atom stereocenters. The van der Waals surface area contributed by atoms with E-state index in [4.69, 9.17) is 14.2 Å². The maximum Gasteiger partial charge on any atom is 0.409 e. The zero-order valence-electron chi connectivity index (χ0n) is 17.4. The summed E-state index contributed by atoms with van der Waals surface area (Å²) in [5, 5.41) is 2.98. The van der Waals surface area contributed by atoms with E-state index in [-0.39, 0.29) is 17.9 Å². The van der Waals surface area contributed by atoms with Gasteiger partial charge in [0, 0.05) is 19.0 Å². The van der Waals surface area contributed by atoms with Crippen LogP contribution in [0, 0.1) is 5.92 Å². The van der Waals surface area contributed by atoms with Gasteiger partial charge in [-0.1, -0.05) is 12.1 Å². The summed E-state index contributed by atoms with van der Waals surface area (Å²) in [6.07, 6.45) is 0.893. The Kier molecular flexibility index (Phi) is 7.54. The van der Waals surface area contributed by atoms with Crippen molar-refractivity contribution in [2.75, 3.05) is 31.6 Å². The van der Waals surface area contributed by atoms with E-state index in [1.54, 1.807) is 11.8 Å². The lowest BCUT2D eigenvalue weighted by Crippen LogP contribution is -2.41. The Hall–Kier alpha value is -3.22. The minimum atomic E-state index is -0.314. The first-order valence-corrected chi connectivity index (χ1v) is 10.3. The lowest BCUT2D eigenvalue weighted by molar-refractivity contribution is -0.121. The van der Waals surface area contributed by atoms with Crippen molar-refractivity contribution in [3.8, 4) is 17.2 Å². The number of hydrogen-bond acceptors (Lipinski definition) is 5.